The van der Waals surface area contributed by atoms with E-state index >= 15 is 0 Å². The Labute approximate surface area is 147 Å². The van der Waals surface area contributed by atoms with Crippen molar-refractivity contribution < 1.29 is 24.0 Å². The summed E-state index contributed by atoms with van der Waals surface area (Å²) in [6, 6.07) is 7.20. The number of carboxylic acid groups (broad SMARTS) is 2. The molecule has 2 aromatic rings. The molecule has 0 saturated heterocycles. The van der Waals surface area contributed by atoms with Crippen molar-refractivity contribution in [3.05, 3.63) is 57.6 Å². The Morgan fingerprint density at radius 3 is 2.16 bits per heavy atom. The molecule has 0 radical (unpaired) electrons. The lowest BCUT2D eigenvalue weighted by atomic mass is 9.86. The van der Waals surface area contributed by atoms with Crippen molar-refractivity contribution in [3.8, 4) is 0 Å². The lowest BCUT2D eigenvalue weighted by molar-refractivity contribution is 0.0647. The number of hydrogen-bond donors (Lipinski definition) is 2. The molecule has 6 heteroatoms. The minimum absolute atomic E-state index is 0.151. The van der Waals surface area contributed by atoms with Crippen molar-refractivity contribution in [2.24, 2.45) is 0 Å². The average Bonchev–Trinajstić information content (AvgIpc) is 2.59. The third kappa shape index (κ3) is 2.57. The van der Waals surface area contributed by atoms with Crippen molar-refractivity contribution in [2.75, 3.05) is 0 Å². The Bertz CT molecular complexity index is 930. The van der Waals surface area contributed by atoms with E-state index in [9.17, 15) is 24.0 Å². The molecule has 0 amide bonds. The highest BCUT2D eigenvalue weighted by atomic mass is 32.2. The summed E-state index contributed by atoms with van der Waals surface area (Å²) in [5.74, 6) is -2.64. The molecule has 0 spiro atoms. The maximum Gasteiger partial charge on any atom is 0.337 e. The number of benzene rings is 2. The number of rotatable bonds is 4. The van der Waals surface area contributed by atoms with Gasteiger partial charge in [-0.05, 0) is 41.2 Å². The fourth-order valence-corrected chi connectivity index (χ4v) is 5.26. The molecule has 2 aromatic carbocycles. The minimum Gasteiger partial charge on any atom is -0.478 e. The van der Waals surface area contributed by atoms with Gasteiger partial charge in [-0.25, -0.2) is 13.8 Å². The number of aromatic carboxylic acids is 2. The van der Waals surface area contributed by atoms with Gasteiger partial charge in [0.05, 0.1) is 26.8 Å². The number of carboxylic acids is 2. The van der Waals surface area contributed by atoms with Gasteiger partial charge in [-0.1, -0.05) is 32.0 Å². The first-order chi connectivity index (χ1) is 11.9. The van der Waals surface area contributed by atoms with Crippen LogP contribution in [0.4, 0.5) is 0 Å². The van der Waals surface area contributed by atoms with Crippen molar-refractivity contribution in [1.29, 1.82) is 0 Å². The first-order valence-electron chi connectivity index (χ1n) is 8.09. The predicted molar refractivity (Wildman–Crippen MR) is 93.0 cm³/mol. The maximum atomic E-state index is 13.1. The SMILES string of the molecule is CCc1c(CC)c(C(=O)O)c(C(=O)O)c2c1Cc1ccccc1S2=O. The fraction of sp³-hybridized carbons (Fsp3) is 0.263. The van der Waals surface area contributed by atoms with Gasteiger partial charge in [0.25, 0.3) is 0 Å². The van der Waals surface area contributed by atoms with E-state index < -0.39 is 22.7 Å². The van der Waals surface area contributed by atoms with Gasteiger partial charge in [0.2, 0.25) is 0 Å². The molecule has 1 heterocycles. The molecule has 2 N–H and O–H groups in total. The zero-order valence-electron chi connectivity index (χ0n) is 14.0. The second kappa shape index (κ2) is 6.44. The van der Waals surface area contributed by atoms with Gasteiger partial charge < -0.3 is 10.2 Å². The van der Waals surface area contributed by atoms with Crippen LogP contribution in [0.5, 0.6) is 0 Å². The number of hydrogen-bond acceptors (Lipinski definition) is 3. The Kier molecular flexibility index (Phi) is 4.47. The van der Waals surface area contributed by atoms with Crippen LogP contribution in [0.2, 0.25) is 0 Å². The van der Waals surface area contributed by atoms with E-state index in [2.05, 4.69) is 0 Å². The molecular formula is C19H18O5S. The van der Waals surface area contributed by atoms with Crippen LogP contribution in [-0.2, 0) is 30.1 Å². The minimum atomic E-state index is -1.72. The van der Waals surface area contributed by atoms with Crippen molar-refractivity contribution >= 4 is 22.7 Å². The highest BCUT2D eigenvalue weighted by Crippen LogP contribution is 2.39. The average molecular weight is 358 g/mol. The van der Waals surface area contributed by atoms with Gasteiger partial charge in [-0.15, -0.1) is 0 Å². The van der Waals surface area contributed by atoms with Gasteiger partial charge in [0.15, 0.2) is 0 Å². The molecule has 1 aliphatic rings. The fourth-order valence-electron chi connectivity index (χ4n) is 3.67. The standard InChI is InChI=1S/C19H18O5S/c1-3-11-12(4-2)15(18(20)21)16(19(22)23)17-13(11)9-10-7-5-6-8-14(10)25(17)24/h5-8H,3-4,9H2,1-2H3,(H,20,21)(H,22,23). The molecule has 0 bridgehead atoms. The normalized spacial score (nSPS) is 15.4. The van der Waals surface area contributed by atoms with Crippen LogP contribution in [0.1, 0.15) is 56.8 Å². The molecule has 25 heavy (non-hydrogen) atoms. The summed E-state index contributed by atoms with van der Waals surface area (Å²) in [4.78, 5) is 24.5. The van der Waals surface area contributed by atoms with Crippen molar-refractivity contribution in [1.82, 2.24) is 0 Å². The molecule has 0 aliphatic carbocycles. The summed E-state index contributed by atoms with van der Waals surface area (Å²) >= 11 is 0. The Morgan fingerprint density at radius 2 is 1.60 bits per heavy atom. The molecule has 1 atom stereocenters. The first-order valence-corrected chi connectivity index (χ1v) is 9.24. The molecule has 1 aliphatic heterocycles. The van der Waals surface area contributed by atoms with Crippen LogP contribution in [0.15, 0.2) is 34.1 Å². The van der Waals surface area contributed by atoms with Gasteiger partial charge in [-0.2, -0.15) is 0 Å². The zero-order chi connectivity index (χ0) is 18.3. The number of fused-ring (bicyclic) bond motifs is 2. The largest absolute Gasteiger partial charge is 0.478 e. The molecule has 3 rings (SSSR count). The number of carbonyl (C=O) groups is 2. The molecule has 1 unspecified atom stereocenters. The summed E-state index contributed by atoms with van der Waals surface area (Å²) in [5.41, 5.74) is 2.39. The third-order valence-electron chi connectivity index (χ3n) is 4.64. The highest BCUT2D eigenvalue weighted by Gasteiger charge is 2.35. The van der Waals surface area contributed by atoms with E-state index in [1.807, 2.05) is 26.0 Å². The predicted octanol–water partition coefficient (Wildman–Crippen LogP) is 3.28. The molecule has 130 valence electrons. The smallest absolute Gasteiger partial charge is 0.337 e. The Balaban J connectivity index is 2.48. The quantitative estimate of drug-likeness (QED) is 0.747. The van der Waals surface area contributed by atoms with Gasteiger partial charge in [-0.3, -0.25) is 0 Å². The summed E-state index contributed by atoms with van der Waals surface area (Å²) in [7, 11) is -1.72. The van der Waals surface area contributed by atoms with E-state index in [-0.39, 0.29) is 16.0 Å². The van der Waals surface area contributed by atoms with Crippen LogP contribution in [-0.4, -0.2) is 26.4 Å². The van der Waals surface area contributed by atoms with Crippen LogP contribution in [0, 0.1) is 0 Å². The molecule has 0 fully saturated rings. The second-order valence-electron chi connectivity index (χ2n) is 5.89. The lowest BCUT2D eigenvalue weighted by Crippen LogP contribution is -2.23. The van der Waals surface area contributed by atoms with Crippen LogP contribution in [0.3, 0.4) is 0 Å². The van der Waals surface area contributed by atoms with Gasteiger partial charge >= 0.3 is 11.9 Å². The summed E-state index contributed by atoms with van der Waals surface area (Å²) < 4.78 is 13.1. The summed E-state index contributed by atoms with van der Waals surface area (Å²) in [6.45, 7) is 3.72. The van der Waals surface area contributed by atoms with Crippen LogP contribution in [0.25, 0.3) is 0 Å². The van der Waals surface area contributed by atoms with E-state index in [4.69, 9.17) is 0 Å². The van der Waals surface area contributed by atoms with Crippen molar-refractivity contribution in [3.63, 3.8) is 0 Å². The molecule has 0 aromatic heterocycles. The molecule has 0 saturated carbocycles. The lowest BCUT2D eigenvalue weighted by Gasteiger charge is -2.26. The van der Waals surface area contributed by atoms with Crippen LogP contribution >= 0.6 is 0 Å². The zero-order valence-corrected chi connectivity index (χ0v) is 14.8. The van der Waals surface area contributed by atoms with Crippen LogP contribution < -0.4 is 0 Å². The highest BCUT2D eigenvalue weighted by molar-refractivity contribution is 7.85. The van der Waals surface area contributed by atoms with Gasteiger partial charge in [0.1, 0.15) is 0 Å². The molecule has 5 nitrogen and oxygen atoms in total. The third-order valence-corrected chi connectivity index (χ3v) is 6.26. The van der Waals surface area contributed by atoms with E-state index in [1.165, 1.54) is 0 Å². The van der Waals surface area contributed by atoms with Crippen molar-refractivity contribution in [2.45, 2.75) is 42.9 Å². The monoisotopic (exact) mass is 358 g/mol. The van der Waals surface area contributed by atoms with E-state index in [1.54, 1.807) is 12.1 Å². The second-order valence-corrected chi connectivity index (χ2v) is 7.27. The first kappa shape index (κ1) is 17.4. The summed E-state index contributed by atoms with van der Waals surface area (Å²) in [6.07, 6.45) is 1.44. The van der Waals surface area contributed by atoms with E-state index in [0.717, 1.165) is 11.1 Å². The Morgan fingerprint density at radius 1 is 1.00 bits per heavy atom. The molecular weight excluding hydrogens is 340 g/mol. The van der Waals surface area contributed by atoms with E-state index in [0.29, 0.717) is 35.3 Å². The Hall–Kier alpha value is -2.47. The maximum absolute atomic E-state index is 13.1. The topological polar surface area (TPSA) is 91.7 Å². The van der Waals surface area contributed by atoms with Gasteiger partial charge in [0, 0.05) is 11.3 Å². The summed E-state index contributed by atoms with van der Waals surface area (Å²) in [5, 5.41) is 19.4.